The molecule has 1 aromatic heterocycles. The lowest BCUT2D eigenvalue weighted by Gasteiger charge is -2.21. The van der Waals surface area contributed by atoms with Crippen molar-refractivity contribution < 1.29 is 13.2 Å². The van der Waals surface area contributed by atoms with Gasteiger partial charge < -0.3 is 10.2 Å². The predicted octanol–water partition coefficient (Wildman–Crippen LogP) is 1.75. The number of aromatic nitrogens is 2. The average molecular weight is 278 g/mol. The average Bonchev–Trinajstić information content (AvgIpc) is 3.00. The highest BCUT2D eigenvalue weighted by molar-refractivity contribution is 7.15. The summed E-state index contributed by atoms with van der Waals surface area (Å²) in [6, 6.07) is 0. The summed E-state index contributed by atoms with van der Waals surface area (Å²) in [5, 5.41) is 9.76. The maximum absolute atomic E-state index is 12.5. The van der Waals surface area contributed by atoms with Crippen LogP contribution in [-0.2, 0) is 6.18 Å². The Balaban J connectivity index is 1.75. The summed E-state index contributed by atoms with van der Waals surface area (Å²) in [6.07, 6.45) is -2.28. The van der Waals surface area contributed by atoms with Crippen LogP contribution < -0.4 is 10.2 Å². The second-order valence-electron chi connectivity index (χ2n) is 4.99. The molecule has 0 radical (unpaired) electrons. The van der Waals surface area contributed by atoms with Crippen molar-refractivity contribution in [2.45, 2.75) is 19.0 Å². The van der Waals surface area contributed by atoms with Crippen molar-refractivity contribution in [2.24, 2.45) is 5.41 Å². The number of nitrogens with one attached hydrogen (secondary N) is 1. The molecule has 2 aliphatic heterocycles. The molecule has 2 fully saturated rings. The van der Waals surface area contributed by atoms with Crippen molar-refractivity contribution >= 4 is 16.5 Å². The molecule has 0 saturated carbocycles. The van der Waals surface area contributed by atoms with Crippen molar-refractivity contribution in [1.29, 1.82) is 0 Å². The number of hydrogen-bond acceptors (Lipinski definition) is 5. The summed E-state index contributed by atoms with van der Waals surface area (Å²) < 4.78 is 37.4. The van der Waals surface area contributed by atoms with E-state index in [4.69, 9.17) is 0 Å². The largest absolute Gasteiger partial charge is 0.445 e. The molecule has 0 amide bonds. The van der Waals surface area contributed by atoms with Gasteiger partial charge in [0.05, 0.1) is 0 Å². The Morgan fingerprint density at radius 1 is 1.28 bits per heavy atom. The zero-order chi connectivity index (χ0) is 12.8. The van der Waals surface area contributed by atoms with Gasteiger partial charge >= 0.3 is 6.18 Å². The number of halogens is 3. The van der Waals surface area contributed by atoms with E-state index in [0.717, 1.165) is 39.0 Å². The van der Waals surface area contributed by atoms with E-state index in [-0.39, 0.29) is 5.41 Å². The van der Waals surface area contributed by atoms with Gasteiger partial charge in [0, 0.05) is 25.0 Å². The topological polar surface area (TPSA) is 41.1 Å². The van der Waals surface area contributed by atoms with Gasteiger partial charge in [-0.15, -0.1) is 10.2 Å². The lowest BCUT2D eigenvalue weighted by Crippen LogP contribution is -2.29. The highest BCUT2D eigenvalue weighted by atomic mass is 32.1. The lowest BCUT2D eigenvalue weighted by molar-refractivity contribution is -0.138. The number of anilines is 1. The highest BCUT2D eigenvalue weighted by Crippen LogP contribution is 2.40. The van der Waals surface area contributed by atoms with Crippen LogP contribution in [0.2, 0.25) is 0 Å². The molecule has 0 bridgehead atoms. The molecule has 1 aromatic rings. The van der Waals surface area contributed by atoms with Gasteiger partial charge in [-0.3, -0.25) is 0 Å². The fourth-order valence-electron chi connectivity index (χ4n) is 2.70. The van der Waals surface area contributed by atoms with E-state index < -0.39 is 11.2 Å². The molecule has 1 spiro atoms. The van der Waals surface area contributed by atoms with Crippen molar-refractivity contribution in [3.63, 3.8) is 0 Å². The van der Waals surface area contributed by atoms with E-state index in [9.17, 15) is 13.2 Å². The number of nitrogens with zero attached hydrogens (tertiary/aromatic N) is 3. The maximum Gasteiger partial charge on any atom is 0.445 e. The van der Waals surface area contributed by atoms with Gasteiger partial charge in [-0.05, 0) is 19.4 Å². The third-order valence-electron chi connectivity index (χ3n) is 3.70. The van der Waals surface area contributed by atoms with Crippen molar-refractivity contribution in [3.8, 4) is 0 Å². The van der Waals surface area contributed by atoms with Crippen molar-refractivity contribution in [3.05, 3.63) is 5.01 Å². The minimum atomic E-state index is -4.39. The fourth-order valence-corrected chi connectivity index (χ4v) is 3.44. The second-order valence-corrected chi connectivity index (χ2v) is 5.94. The van der Waals surface area contributed by atoms with Crippen LogP contribution >= 0.6 is 11.3 Å². The van der Waals surface area contributed by atoms with Gasteiger partial charge in [0.25, 0.3) is 0 Å². The van der Waals surface area contributed by atoms with Crippen LogP contribution in [0.4, 0.5) is 18.3 Å². The van der Waals surface area contributed by atoms with Gasteiger partial charge in [-0.25, -0.2) is 0 Å². The van der Waals surface area contributed by atoms with Crippen LogP contribution in [0.1, 0.15) is 17.8 Å². The minimum absolute atomic E-state index is 0.226. The van der Waals surface area contributed by atoms with Crippen LogP contribution in [0.5, 0.6) is 0 Å². The Morgan fingerprint density at radius 3 is 2.72 bits per heavy atom. The normalized spacial score (nSPS) is 28.5. The molecule has 3 rings (SSSR count). The highest BCUT2D eigenvalue weighted by Gasteiger charge is 2.42. The van der Waals surface area contributed by atoms with Gasteiger partial charge in [0.15, 0.2) is 0 Å². The molecule has 1 N–H and O–H groups in total. The summed E-state index contributed by atoms with van der Waals surface area (Å²) in [5.74, 6) is 0. The van der Waals surface area contributed by atoms with Crippen LogP contribution in [0.15, 0.2) is 0 Å². The minimum Gasteiger partial charge on any atom is -0.346 e. The smallest absolute Gasteiger partial charge is 0.346 e. The second kappa shape index (κ2) is 4.06. The van der Waals surface area contributed by atoms with Crippen LogP contribution in [0, 0.1) is 5.41 Å². The molecule has 2 saturated heterocycles. The Kier molecular flexibility index (Phi) is 2.74. The molecular formula is C10H13F3N4S. The van der Waals surface area contributed by atoms with Gasteiger partial charge in [-0.1, -0.05) is 11.3 Å². The van der Waals surface area contributed by atoms with Crippen LogP contribution in [0.25, 0.3) is 0 Å². The van der Waals surface area contributed by atoms with E-state index in [1.807, 2.05) is 4.90 Å². The van der Waals surface area contributed by atoms with Crippen molar-refractivity contribution in [1.82, 2.24) is 15.5 Å². The van der Waals surface area contributed by atoms with Gasteiger partial charge in [0.2, 0.25) is 10.1 Å². The van der Waals surface area contributed by atoms with E-state index in [1.54, 1.807) is 0 Å². The maximum atomic E-state index is 12.5. The molecule has 1 atom stereocenters. The van der Waals surface area contributed by atoms with E-state index in [1.165, 1.54) is 0 Å². The molecule has 1 unspecified atom stereocenters. The molecule has 4 nitrogen and oxygen atoms in total. The summed E-state index contributed by atoms with van der Waals surface area (Å²) in [4.78, 5) is 1.93. The molecule has 100 valence electrons. The summed E-state index contributed by atoms with van der Waals surface area (Å²) in [7, 11) is 0. The van der Waals surface area contributed by atoms with E-state index >= 15 is 0 Å². The first kappa shape index (κ1) is 12.2. The van der Waals surface area contributed by atoms with Crippen LogP contribution in [-0.4, -0.2) is 36.4 Å². The first-order chi connectivity index (χ1) is 8.49. The number of hydrogen-bond donors (Lipinski definition) is 1. The van der Waals surface area contributed by atoms with Crippen LogP contribution in [0.3, 0.4) is 0 Å². The zero-order valence-electron chi connectivity index (χ0n) is 9.63. The summed E-state index contributed by atoms with van der Waals surface area (Å²) in [5.41, 5.74) is 0.226. The summed E-state index contributed by atoms with van der Waals surface area (Å²) in [6.45, 7) is 3.51. The predicted molar refractivity (Wildman–Crippen MR) is 61.7 cm³/mol. The standard InChI is InChI=1S/C10H13F3N4S/c11-10(12,13)7-15-16-8(18-7)17-4-2-9(6-17)1-3-14-5-9/h14H,1-6H2. The van der Waals surface area contributed by atoms with E-state index in [2.05, 4.69) is 15.5 Å². The molecule has 3 heterocycles. The van der Waals surface area contributed by atoms with Gasteiger partial charge in [0.1, 0.15) is 0 Å². The number of alkyl halides is 3. The Hall–Kier alpha value is -0.890. The Labute approximate surface area is 106 Å². The molecular weight excluding hydrogens is 265 g/mol. The third kappa shape index (κ3) is 2.07. The Morgan fingerprint density at radius 2 is 2.11 bits per heavy atom. The van der Waals surface area contributed by atoms with Gasteiger partial charge in [-0.2, -0.15) is 13.2 Å². The fraction of sp³-hybridized carbons (Fsp3) is 0.800. The molecule has 18 heavy (non-hydrogen) atoms. The van der Waals surface area contributed by atoms with E-state index in [0.29, 0.717) is 16.5 Å². The lowest BCUT2D eigenvalue weighted by atomic mass is 9.87. The quantitative estimate of drug-likeness (QED) is 0.849. The zero-order valence-corrected chi connectivity index (χ0v) is 10.4. The monoisotopic (exact) mass is 278 g/mol. The molecule has 8 heteroatoms. The number of rotatable bonds is 1. The molecule has 0 aliphatic carbocycles. The Bertz CT molecular complexity index is 439. The molecule has 2 aliphatic rings. The SMILES string of the molecule is FC(F)(F)c1nnc(N2CCC3(CCNC3)C2)s1. The molecule has 0 aromatic carbocycles. The summed E-state index contributed by atoms with van der Waals surface area (Å²) >= 11 is 0.638. The third-order valence-corrected chi connectivity index (χ3v) is 4.73. The van der Waals surface area contributed by atoms with Crippen molar-refractivity contribution in [2.75, 3.05) is 31.1 Å². The first-order valence-corrected chi connectivity index (χ1v) is 6.67. The first-order valence-electron chi connectivity index (χ1n) is 5.85.